The molecule has 138 valence electrons. The van der Waals surface area contributed by atoms with Crippen molar-refractivity contribution in [1.82, 2.24) is 24.8 Å². The Hall–Kier alpha value is -1.47. The molecule has 1 amide bonds. The number of carbonyl (C=O) groups is 1. The van der Waals surface area contributed by atoms with Gasteiger partial charge in [-0.3, -0.25) is 14.6 Å². The molecule has 3 fully saturated rings. The van der Waals surface area contributed by atoms with Gasteiger partial charge in [-0.1, -0.05) is 12.1 Å². The highest BCUT2D eigenvalue weighted by Gasteiger charge is 2.39. The molecule has 7 heteroatoms. The quantitative estimate of drug-likeness (QED) is 0.822. The van der Waals surface area contributed by atoms with Gasteiger partial charge in [0, 0.05) is 58.2 Å². The van der Waals surface area contributed by atoms with Gasteiger partial charge in [0.2, 0.25) is 11.8 Å². The van der Waals surface area contributed by atoms with Crippen LogP contribution in [0.3, 0.4) is 0 Å². The van der Waals surface area contributed by atoms with E-state index in [0.717, 1.165) is 51.0 Å². The Labute approximate surface area is 149 Å². The normalized spacial score (nSPS) is 30.0. The largest absolute Gasteiger partial charge is 0.340 e. The van der Waals surface area contributed by atoms with Crippen molar-refractivity contribution < 1.29 is 9.32 Å². The number of rotatable bonds is 4. The Morgan fingerprint density at radius 3 is 2.56 bits per heavy atom. The molecule has 1 aromatic rings. The minimum Gasteiger partial charge on any atom is -0.340 e. The van der Waals surface area contributed by atoms with Crippen LogP contribution in [0.1, 0.15) is 57.3 Å². The number of carbonyl (C=O) groups excluding carboxylic acids is 1. The molecule has 3 atom stereocenters. The van der Waals surface area contributed by atoms with Gasteiger partial charge in [0.1, 0.15) is 0 Å². The molecule has 0 bridgehead atoms. The summed E-state index contributed by atoms with van der Waals surface area (Å²) in [7, 11) is 0. The van der Waals surface area contributed by atoms with Gasteiger partial charge in [0.15, 0.2) is 5.82 Å². The van der Waals surface area contributed by atoms with Gasteiger partial charge in [-0.25, -0.2) is 0 Å². The van der Waals surface area contributed by atoms with Crippen LogP contribution in [0.2, 0.25) is 0 Å². The molecule has 0 unspecified atom stereocenters. The van der Waals surface area contributed by atoms with Crippen LogP contribution in [-0.2, 0) is 4.79 Å². The van der Waals surface area contributed by atoms with E-state index in [2.05, 4.69) is 33.8 Å². The Kier molecular flexibility index (Phi) is 4.54. The number of likely N-dealkylation sites (tertiary alicyclic amines) is 1. The van der Waals surface area contributed by atoms with Crippen LogP contribution < -0.4 is 0 Å². The molecule has 4 rings (SSSR count). The Morgan fingerprint density at radius 1 is 1.20 bits per heavy atom. The summed E-state index contributed by atoms with van der Waals surface area (Å²) >= 11 is 0. The lowest BCUT2D eigenvalue weighted by atomic mass is 10.0. The van der Waals surface area contributed by atoms with E-state index in [4.69, 9.17) is 4.52 Å². The minimum absolute atomic E-state index is 0.172. The number of aromatic nitrogens is 2. The molecule has 7 nitrogen and oxygen atoms in total. The molecule has 0 aromatic carbocycles. The predicted molar refractivity (Wildman–Crippen MR) is 93.0 cm³/mol. The number of hydrogen-bond donors (Lipinski definition) is 0. The maximum absolute atomic E-state index is 11.5. The summed E-state index contributed by atoms with van der Waals surface area (Å²) < 4.78 is 5.54. The summed E-state index contributed by atoms with van der Waals surface area (Å²) in [5.41, 5.74) is 0. The monoisotopic (exact) mass is 347 g/mol. The second-order valence-corrected chi connectivity index (χ2v) is 7.98. The highest BCUT2D eigenvalue weighted by Crippen LogP contribution is 2.39. The van der Waals surface area contributed by atoms with Gasteiger partial charge in [0.05, 0.1) is 6.04 Å². The van der Waals surface area contributed by atoms with Gasteiger partial charge in [-0.2, -0.15) is 4.98 Å². The van der Waals surface area contributed by atoms with E-state index in [1.54, 1.807) is 6.92 Å². The van der Waals surface area contributed by atoms with Gasteiger partial charge in [-0.15, -0.1) is 0 Å². The summed E-state index contributed by atoms with van der Waals surface area (Å²) in [6.07, 6.45) is 2.39. The number of amides is 1. The van der Waals surface area contributed by atoms with Crippen LogP contribution in [0.15, 0.2) is 4.52 Å². The predicted octanol–water partition coefficient (Wildman–Crippen LogP) is 1.49. The average molecular weight is 347 g/mol. The third-order valence-electron chi connectivity index (χ3n) is 6.13. The zero-order valence-electron chi connectivity index (χ0n) is 15.5. The summed E-state index contributed by atoms with van der Waals surface area (Å²) in [6.45, 7) is 11.9. The van der Waals surface area contributed by atoms with Crippen LogP contribution in [0.5, 0.6) is 0 Å². The Bertz CT molecular complexity index is 621. The topological polar surface area (TPSA) is 65.7 Å². The fourth-order valence-electron chi connectivity index (χ4n) is 4.23. The average Bonchev–Trinajstić information content (AvgIpc) is 3.21. The van der Waals surface area contributed by atoms with E-state index in [0.29, 0.717) is 17.9 Å². The third kappa shape index (κ3) is 3.44. The SMILES string of the molecule is CC(=O)N1CCN([C@@H]2CN([C@@H](C)c3nc(C4CC4)no3)C[C@@H]2C)CC1. The molecular formula is C18H29N5O2. The fourth-order valence-corrected chi connectivity index (χ4v) is 4.23. The van der Waals surface area contributed by atoms with Crippen molar-refractivity contribution in [2.24, 2.45) is 5.92 Å². The van der Waals surface area contributed by atoms with E-state index >= 15 is 0 Å². The second-order valence-electron chi connectivity index (χ2n) is 7.98. The molecule has 25 heavy (non-hydrogen) atoms. The van der Waals surface area contributed by atoms with Crippen molar-refractivity contribution in [2.75, 3.05) is 39.3 Å². The zero-order chi connectivity index (χ0) is 17.6. The molecule has 3 aliphatic rings. The standard InChI is InChI=1S/C18H29N5O2/c1-12-10-23(13(2)18-19-17(20-25-18)15-4-5-15)11-16(12)22-8-6-21(7-9-22)14(3)24/h12-13,15-16H,4-11H2,1-3H3/t12-,13-,16+/m0/s1. The van der Waals surface area contributed by atoms with Crippen LogP contribution >= 0.6 is 0 Å². The smallest absolute Gasteiger partial charge is 0.243 e. The second kappa shape index (κ2) is 6.68. The molecule has 0 spiro atoms. The van der Waals surface area contributed by atoms with Crippen molar-refractivity contribution in [1.29, 1.82) is 0 Å². The fraction of sp³-hybridized carbons (Fsp3) is 0.833. The van der Waals surface area contributed by atoms with Crippen LogP contribution in [0.25, 0.3) is 0 Å². The third-order valence-corrected chi connectivity index (χ3v) is 6.13. The van der Waals surface area contributed by atoms with Crippen molar-refractivity contribution in [2.45, 2.75) is 51.6 Å². The highest BCUT2D eigenvalue weighted by molar-refractivity contribution is 5.73. The van der Waals surface area contributed by atoms with E-state index in [-0.39, 0.29) is 11.9 Å². The zero-order valence-corrected chi connectivity index (χ0v) is 15.5. The maximum atomic E-state index is 11.5. The molecule has 0 radical (unpaired) electrons. The first-order valence-corrected chi connectivity index (χ1v) is 9.60. The first-order valence-electron chi connectivity index (χ1n) is 9.60. The first-order chi connectivity index (χ1) is 12.0. The lowest BCUT2D eigenvalue weighted by Crippen LogP contribution is -2.53. The van der Waals surface area contributed by atoms with Gasteiger partial charge < -0.3 is 9.42 Å². The van der Waals surface area contributed by atoms with Crippen molar-refractivity contribution >= 4 is 5.91 Å². The number of piperazine rings is 1. The lowest BCUT2D eigenvalue weighted by molar-refractivity contribution is -0.130. The number of nitrogens with zero attached hydrogens (tertiary/aromatic N) is 5. The van der Waals surface area contributed by atoms with E-state index in [1.165, 1.54) is 12.8 Å². The van der Waals surface area contributed by atoms with E-state index in [9.17, 15) is 4.79 Å². The Balaban J connectivity index is 1.36. The molecule has 2 aliphatic heterocycles. The van der Waals surface area contributed by atoms with E-state index in [1.807, 2.05) is 4.90 Å². The van der Waals surface area contributed by atoms with Crippen LogP contribution in [-0.4, -0.2) is 76.1 Å². The summed E-state index contributed by atoms with van der Waals surface area (Å²) in [4.78, 5) is 23.1. The Morgan fingerprint density at radius 2 is 1.92 bits per heavy atom. The summed E-state index contributed by atoms with van der Waals surface area (Å²) in [5, 5.41) is 4.16. The molecule has 1 aliphatic carbocycles. The molecule has 1 aromatic heterocycles. The molecular weight excluding hydrogens is 318 g/mol. The summed E-state index contributed by atoms with van der Waals surface area (Å²) in [5.74, 6) is 2.99. The van der Waals surface area contributed by atoms with Gasteiger partial charge in [-0.05, 0) is 25.7 Å². The lowest BCUT2D eigenvalue weighted by Gasteiger charge is -2.39. The van der Waals surface area contributed by atoms with Crippen molar-refractivity contribution in [3.05, 3.63) is 11.7 Å². The van der Waals surface area contributed by atoms with Crippen molar-refractivity contribution in [3.8, 4) is 0 Å². The molecule has 0 N–H and O–H groups in total. The number of hydrogen-bond acceptors (Lipinski definition) is 6. The molecule has 3 heterocycles. The van der Waals surface area contributed by atoms with E-state index < -0.39 is 0 Å². The molecule has 1 saturated carbocycles. The molecule has 2 saturated heterocycles. The van der Waals surface area contributed by atoms with Crippen molar-refractivity contribution in [3.63, 3.8) is 0 Å². The van der Waals surface area contributed by atoms with Gasteiger partial charge in [0.25, 0.3) is 0 Å². The first kappa shape index (κ1) is 17.0. The minimum atomic E-state index is 0.172. The van der Waals surface area contributed by atoms with Crippen LogP contribution in [0, 0.1) is 5.92 Å². The summed E-state index contributed by atoms with van der Waals surface area (Å²) in [6, 6.07) is 0.716. The highest BCUT2D eigenvalue weighted by atomic mass is 16.5. The van der Waals surface area contributed by atoms with Crippen LogP contribution in [0.4, 0.5) is 0 Å². The van der Waals surface area contributed by atoms with Gasteiger partial charge >= 0.3 is 0 Å². The maximum Gasteiger partial charge on any atom is 0.243 e.